The molecule has 10 rings (SSSR count). The molecule has 85 heavy (non-hydrogen) atoms. The Bertz CT molecular complexity index is 2370. The highest BCUT2D eigenvalue weighted by molar-refractivity contribution is 5.79. The standard InChI is InChI=1S/C59H96O26/c1-24-34(64)39(69)41(71)48(77-24)83-46-38(68)30(21-61)80-51(44(46)74)82-45-35(65)25(2)78-50(43(45)73)84-47-36(66)28(63)22-76-52(47)81-33-12-13-55(5)31(56(33,6)23-62)11-14-58(8)32(55)10-9-26-27-19-54(3,4)15-17-59(27,18-16-57(26,58)7)53(75)85-49-42(72)40(70)37(67)29(20-60)79-49/h9,24-25,27-52,60-74H,10-23H2,1-8H3/t24-,25-,27?,28-,29+,30+,31?,32?,33?,34+,35+,36-,37+,38+,39+,40-,41+,42+,43+,44+,45+,46-,47+,48-,49-,50-,51-,52-,55?,56?,57?,58?,59?/m0/s1. The fourth-order valence-corrected chi connectivity index (χ4v) is 17.6. The number of fused-ring (bicyclic) bond motifs is 7. The Balaban J connectivity index is 0.852. The Morgan fingerprint density at radius 1 is 0.541 bits per heavy atom. The van der Waals surface area contributed by atoms with Gasteiger partial charge in [0.15, 0.2) is 25.2 Å². The molecule has 5 heterocycles. The van der Waals surface area contributed by atoms with Crippen LogP contribution in [0.5, 0.6) is 0 Å². The fraction of sp³-hybridized carbons (Fsp3) is 0.949. The maximum Gasteiger partial charge on any atom is 0.315 e. The van der Waals surface area contributed by atoms with E-state index in [4.69, 9.17) is 47.4 Å². The van der Waals surface area contributed by atoms with Crippen molar-refractivity contribution in [1.82, 2.24) is 0 Å². The Kier molecular flexibility index (Phi) is 19.0. The summed E-state index contributed by atoms with van der Waals surface area (Å²) in [6.07, 6.45) is -30.8. The van der Waals surface area contributed by atoms with E-state index in [0.717, 1.165) is 12.8 Å². The summed E-state index contributed by atoms with van der Waals surface area (Å²) in [4.78, 5) is 14.8. The second-order valence-corrected chi connectivity index (χ2v) is 28.4. The fourth-order valence-electron chi connectivity index (χ4n) is 17.6. The molecule has 0 spiro atoms. The van der Waals surface area contributed by atoms with Gasteiger partial charge in [0.2, 0.25) is 6.29 Å². The molecule has 5 saturated heterocycles. The molecule has 488 valence electrons. The first-order valence-electron chi connectivity index (χ1n) is 30.6. The van der Waals surface area contributed by atoms with E-state index in [1.807, 2.05) is 6.92 Å². The molecular formula is C59H96O26. The van der Waals surface area contributed by atoms with Gasteiger partial charge in [-0.1, -0.05) is 53.2 Å². The van der Waals surface area contributed by atoms with Crippen LogP contribution >= 0.6 is 0 Å². The number of carbonyl (C=O) groups is 1. The van der Waals surface area contributed by atoms with Gasteiger partial charge >= 0.3 is 5.97 Å². The summed E-state index contributed by atoms with van der Waals surface area (Å²) >= 11 is 0. The summed E-state index contributed by atoms with van der Waals surface area (Å²) in [5.41, 5.74) is -1.76. The van der Waals surface area contributed by atoms with E-state index in [1.54, 1.807) is 0 Å². The maximum absolute atomic E-state index is 14.8. The molecule has 10 aliphatic rings. The molecule has 0 aromatic rings. The van der Waals surface area contributed by atoms with Crippen molar-refractivity contribution < 1.29 is 129 Å². The predicted octanol–water partition coefficient (Wildman–Crippen LogP) is -2.54. The van der Waals surface area contributed by atoms with Crippen LogP contribution in [-0.4, -0.2) is 263 Å². The number of hydrogen-bond acceptors (Lipinski definition) is 26. The van der Waals surface area contributed by atoms with Crippen molar-refractivity contribution in [2.75, 3.05) is 26.4 Å². The van der Waals surface area contributed by atoms with Gasteiger partial charge in [-0.15, -0.1) is 0 Å². The van der Waals surface area contributed by atoms with E-state index in [9.17, 15) is 81.4 Å². The number of ether oxygens (including phenoxy) is 10. The molecule has 0 radical (unpaired) electrons. The Morgan fingerprint density at radius 2 is 1.09 bits per heavy atom. The SMILES string of the molecule is C[C@@H]1O[C@@H](O[C@@H]2[C@@H](O)[C@H](O[C@H]3[C@@H](O)[C@H](O[C@H]4[C@H](OC5CCC6(C)C(CCC7(C)C6CC=C6C8CC(C)(C)CCC8(C(=O)O[C@@H]8O[C@H](CO)[C@@H](O)[C@H](O)[C@H]8O)CCC67C)C5(C)CO)OC[C@H](O)[C@@H]4O)O[C@@H](C)[C@H]3O)O[C@H](CO)[C@H]2O)[C@H](O)[C@H](O)[C@@H]1O. The van der Waals surface area contributed by atoms with E-state index in [-0.39, 0.29) is 52.6 Å². The molecule has 9 fully saturated rings. The molecule has 0 aromatic heterocycles. The topological polar surface area (TPSA) is 413 Å². The summed E-state index contributed by atoms with van der Waals surface area (Å²) in [5, 5.41) is 164. The van der Waals surface area contributed by atoms with E-state index >= 15 is 0 Å². The minimum absolute atomic E-state index is 0.107. The molecular weight excluding hydrogens is 1120 g/mol. The van der Waals surface area contributed by atoms with Crippen molar-refractivity contribution in [1.29, 1.82) is 0 Å². The van der Waals surface area contributed by atoms with Gasteiger partial charge in [-0.25, -0.2) is 0 Å². The predicted molar refractivity (Wildman–Crippen MR) is 288 cm³/mol. The Morgan fingerprint density at radius 3 is 1.74 bits per heavy atom. The number of aliphatic hydroxyl groups is 15. The normalized spacial score (nSPS) is 55.3. The summed E-state index contributed by atoms with van der Waals surface area (Å²) in [6.45, 7) is 14.1. The van der Waals surface area contributed by atoms with Crippen LogP contribution in [0.3, 0.4) is 0 Å². The molecule has 5 aliphatic carbocycles. The van der Waals surface area contributed by atoms with Gasteiger partial charge in [-0.2, -0.15) is 0 Å². The Hall–Kier alpha value is -1.75. The van der Waals surface area contributed by atoms with Crippen LogP contribution in [0, 0.1) is 50.2 Å². The van der Waals surface area contributed by atoms with Crippen LogP contribution in [0.1, 0.15) is 120 Å². The largest absolute Gasteiger partial charge is 0.432 e. The average molecular weight is 1220 g/mol. The molecule has 0 aromatic carbocycles. The van der Waals surface area contributed by atoms with Crippen LogP contribution in [0.25, 0.3) is 0 Å². The monoisotopic (exact) mass is 1220 g/mol. The summed E-state index contributed by atoms with van der Waals surface area (Å²) < 4.78 is 59.9. The van der Waals surface area contributed by atoms with Crippen LogP contribution in [0.4, 0.5) is 0 Å². The Labute approximate surface area is 494 Å². The number of aliphatic hydroxyl groups excluding tert-OH is 15. The lowest BCUT2D eigenvalue weighted by atomic mass is 9.33. The van der Waals surface area contributed by atoms with Crippen molar-refractivity contribution in [3.63, 3.8) is 0 Å². The van der Waals surface area contributed by atoms with E-state index in [2.05, 4.69) is 40.7 Å². The van der Waals surface area contributed by atoms with Gasteiger partial charge in [0, 0.05) is 5.41 Å². The zero-order chi connectivity index (χ0) is 62.0. The molecule has 4 saturated carbocycles. The van der Waals surface area contributed by atoms with Crippen molar-refractivity contribution in [2.45, 2.75) is 273 Å². The highest BCUT2D eigenvalue weighted by Gasteiger charge is 2.71. The van der Waals surface area contributed by atoms with Crippen LogP contribution in [0.2, 0.25) is 0 Å². The van der Waals surface area contributed by atoms with E-state index < -0.39 is 184 Å². The third-order valence-corrected chi connectivity index (χ3v) is 23.2. The van der Waals surface area contributed by atoms with Gasteiger partial charge in [0.1, 0.15) is 104 Å². The zero-order valence-electron chi connectivity index (χ0n) is 49.8. The lowest BCUT2D eigenvalue weighted by molar-refractivity contribution is -0.391. The quantitative estimate of drug-likeness (QED) is 0.0513. The molecule has 26 nitrogen and oxygen atoms in total. The smallest absolute Gasteiger partial charge is 0.315 e. The van der Waals surface area contributed by atoms with Gasteiger partial charge < -0.3 is 124 Å². The second-order valence-electron chi connectivity index (χ2n) is 28.4. The number of rotatable bonds is 13. The summed E-state index contributed by atoms with van der Waals surface area (Å²) in [5.74, 6) is -0.740. The second kappa shape index (κ2) is 24.4. The molecule has 33 atom stereocenters. The minimum Gasteiger partial charge on any atom is -0.432 e. The minimum atomic E-state index is -1.97. The number of allylic oxidation sites excluding steroid dienone is 2. The lowest BCUT2D eigenvalue weighted by Gasteiger charge is -2.71. The van der Waals surface area contributed by atoms with E-state index in [0.29, 0.717) is 51.4 Å². The first-order chi connectivity index (χ1) is 39.9. The maximum atomic E-state index is 14.8. The van der Waals surface area contributed by atoms with Crippen molar-refractivity contribution in [2.24, 2.45) is 50.2 Å². The highest BCUT2D eigenvalue weighted by Crippen LogP contribution is 2.76. The molecule has 9 unspecified atom stereocenters. The van der Waals surface area contributed by atoms with Crippen molar-refractivity contribution >= 4 is 5.97 Å². The van der Waals surface area contributed by atoms with Crippen molar-refractivity contribution in [3.8, 4) is 0 Å². The van der Waals surface area contributed by atoms with Gasteiger partial charge in [-0.3, -0.25) is 4.79 Å². The first kappa shape index (κ1) is 66.2. The molecule has 0 bridgehead atoms. The van der Waals surface area contributed by atoms with Crippen LogP contribution in [-0.2, 0) is 52.2 Å². The summed E-state index contributed by atoms with van der Waals surface area (Å²) in [7, 11) is 0. The molecule has 0 amide bonds. The van der Waals surface area contributed by atoms with Gasteiger partial charge in [0.05, 0.1) is 50.2 Å². The van der Waals surface area contributed by atoms with Gasteiger partial charge in [0.25, 0.3) is 0 Å². The van der Waals surface area contributed by atoms with Crippen LogP contribution in [0.15, 0.2) is 11.6 Å². The third-order valence-electron chi connectivity index (χ3n) is 23.2. The van der Waals surface area contributed by atoms with Crippen LogP contribution < -0.4 is 0 Å². The number of hydrogen-bond donors (Lipinski definition) is 15. The summed E-state index contributed by atoms with van der Waals surface area (Å²) in [6, 6.07) is 0. The first-order valence-corrected chi connectivity index (χ1v) is 30.6. The zero-order valence-corrected chi connectivity index (χ0v) is 49.8. The van der Waals surface area contributed by atoms with E-state index in [1.165, 1.54) is 19.4 Å². The molecule has 15 N–H and O–H groups in total. The third kappa shape index (κ3) is 11.0. The van der Waals surface area contributed by atoms with Crippen molar-refractivity contribution in [3.05, 3.63) is 11.6 Å². The number of carbonyl (C=O) groups excluding carboxylic acids is 1. The lowest BCUT2D eigenvalue weighted by Crippen LogP contribution is -2.67. The van der Waals surface area contributed by atoms with Gasteiger partial charge in [-0.05, 0) is 117 Å². The molecule has 5 aliphatic heterocycles. The number of esters is 1. The molecule has 26 heteroatoms. The highest BCUT2D eigenvalue weighted by atomic mass is 16.8. The average Bonchev–Trinajstić information content (AvgIpc) is 1.24.